The quantitative estimate of drug-likeness (QED) is 0.387. The van der Waals surface area contributed by atoms with Crippen molar-refractivity contribution in [1.29, 1.82) is 5.26 Å². The second-order valence-corrected chi connectivity index (χ2v) is 9.11. The highest BCUT2D eigenvalue weighted by molar-refractivity contribution is 9.10. The van der Waals surface area contributed by atoms with E-state index in [1.54, 1.807) is 18.2 Å². The fourth-order valence-electron chi connectivity index (χ4n) is 3.54. The van der Waals surface area contributed by atoms with E-state index in [1.165, 1.54) is 14.2 Å². The van der Waals surface area contributed by atoms with Crippen LogP contribution < -0.4 is 15.4 Å². The summed E-state index contributed by atoms with van der Waals surface area (Å²) in [6.07, 6.45) is 0. The fraction of sp³-hybridized carbons (Fsp3) is 0.250. The van der Waals surface area contributed by atoms with Crippen LogP contribution in [0.2, 0.25) is 0 Å². The Hall–Kier alpha value is -3.29. The smallest absolute Gasteiger partial charge is 0.319 e. The number of benzene rings is 2. The molecule has 1 aliphatic rings. The number of carbonyl (C=O) groups is 3. The molecule has 0 bridgehead atoms. The predicted molar refractivity (Wildman–Crippen MR) is 130 cm³/mol. The highest BCUT2D eigenvalue weighted by Crippen LogP contribution is 2.42. The van der Waals surface area contributed by atoms with Gasteiger partial charge >= 0.3 is 5.97 Å². The van der Waals surface area contributed by atoms with E-state index in [0.717, 1.165) is 17.3 Å². The molecule has 0 unspecified atom stereocenters. The summed E-state index contributed by atoms with van der Waals surface area (Å²) in [4.78, 5) is 37.8. The van der Waals surface area contributed by atoms with Gasteiger partial charge in [-0.05, 0) is 39.2 Å². The molecule has 0 spiro atoms. The van der Waals surface area contributed by atoms with Crippen LogP contribution in [0.15, 0.2) is 63.6 Å². The minimum Gasteiger partial charge on any atom is -0.496 e. The zero-order valence-electron chi connectivity index (χ0n) is 18.5. The molecule has 1 aliphatic heterocycles. The number of esters is 1. The van der Waals surface area contributed by atoms with E-state index in [4.69, 9.17) is 9.47 Å². The second-order valence-electron chi connectivity index (χ2n) is 7.27. The van der Waals surface area contributed by atoms with Gasteiger partial charge in [0.1, 0.15) is 11.7 Å². The first kappa shape index (κ1) is 25.3. The molecule has 2 aromatic rings. The van der Waals surface area contributed by atoms with Gasteiger partial charge in [0.2, 0.25) is 11.8 Å². The summed E-state index contributed by atoms with van der Waals surface area (Å²) in [5, 5.41) is 15.6. The summed E-state index contributed by atoms with van der Waals surface area (Å²) in [6, 6.07) is 16.6. The number of rotatable bonds is 8. The second kappa shape index (κ2) is 11.7. The third-order valence-corrected chi connectivity index (χ3v) is 6.84. The van der Waals surface area contributed by atoms with Crippen LogP contribution in [0.5, 0.6) is 5.75 Å². The van der Waals surface area contributed by atoms with Gasteiger partial charge in [-0.1, -0.05) is 48.2 Å². The van der Waals surface area contributed by atoms with Gasteiger partial charge < -0.3 is 20.1 Å². The van der Waals surface area contributed by atoms with Crippen LogP contribution in [0.25, 0.3) is 0 Å². The van der Waals surface area contributed by atoms with Crippen molar-refractivity contribution in [3.8, 4) is 11.8 Å². The fourth-order valence-corrected chi connectivity index (χ4v) is 4.98. The Morgan fingerprint density at radius 1 is 1.21 bits per heavy atom. The minimum atomic E-state index is -1.25. The molecule has 176 valence electrons. The monoisotopic (exact) mass is 543 g/mol. The highest BCUT2D eigenvalue weighted by Gasteiger charge is 2.44. The molecule has 34 heavy (non-hydrogen) atoms. The first-order chi connectivity index (χ1) is 16.4. The molecule has 3 rings (SSSR count). The zero-order valence-corrected chi connectivity index (χ0v) is 20.9. The van der Waals surface area contributed by atoms with Crippen LogP contribution in [-0.2, 0) is 25.7 Å². The first-order valence-electron chi connectivity index (χ1n) is 10.2. The number of hydrogen-bond donors (Lipinski definition) is 2. The number of carbonyl (C=O) groups excluding carboxylic acids is 3. The highest BCUT2D eigenvalue weighted by atomic mass is 79.9. The van der Waals surface area contributed by atoms with Crippen molar-refractivity contribution in [2.45, 2.75) is 12.5 Å². The lowest BCUT2D eigenvalue weighted by Gasteiger charge is -2.31. The number of thioether (sulfide) groups is 1. The first-order valence-corrected chi connectivity index (χ1v) is 12.0. The molecule has 0 aromatic heterocycles. The number of allylic oxidation sites excluding steroid dienone is 1. The van der Waals surface area contributed by atoms with E-state index in [-0.39, 0.29) is 22.3 Å². The topological polar surface area (TPSA) is 118 Å². The maximum Gasteiger partial charge on any atom is 0.319 e. The van der Waals surface area contributed by atoms with Gasteiger partial charge in [0.25, 0.3) is 0 Å². The molecule has 0 radical (unpaired) electrons. The van der Waals surface area contributed by atoms with Crippen LogP contribution in [0.3, 0.4) is 0 Å². The molecular formula is C24H22BrN3O5S. The number of nitrogens with one attached hydrogen (secondary N) is 2. The van der Waals surface area contributed by atoms with E-state index in [9.17, 15) is 19.6 Å². The van der Waals surface area contributed by atoms with Crippen molar-refractivity contribution in [1.82, 2.24) is 10.6 Å². The van der Waals surface area contributed by atoms with Crippen molar-refractivity contribution in [2.75, 3.05) is 20.0 Å². The Morgan fingerprint density at radius 3 is 2.56 bits per heavy atom. The Morgan fingerprint density at radius 2 is 1.94 bits per heavy atom. The molecule has 0 saturated heterocycles. The zero-order chi connectivity index (χ0) is 24.7. The number of nitrogens with zero attached hydrogens (tertiary/aromatic N) is 1. The Labute approximate surface area is 209 Å². The van der Waals surface area contributed by atoms with E-state index < -0.39 is 23.7 Å². The van der Waals surface area contributed by atoms with Crippen molar-refractivity contribution >= 4 is 45.5 Å². The summed E-state index contributed by atoms with van der Waals surface area (Å²) >= 11 is 4.44. The lowest BCUT2D eigenvalue weighted by Crippen LogP contribution is -2.44. The number of ether oxygens (including phenoxy) is 2. The SMILES string of the molecule is COC(=O)[C@@H]1C(=O)NC(SCC(=O)NCc2ccccc2)=C(C#N)[C@@H]1c1ccc(OC)c(Br)c1. The lowest BCUT2D eigenvalue weighted by atomic mass is 9.78. The third-order valence-electron chi connectivity index (χ3n) is 5.20. The largest absolute Gasteiger partial charge is 0.496 e. The summed E-state index contributed by atoms with van der Waals surface area (Å²) in [6.45, 7) is 0.365. The Bertz CT molecular complexity index is 1160. The standard InChI is InChI=1S/C24H22BrN3O5S/c1-32-18-9-8-15(10-17(18)25)20-16(11-26)23(28-22(30)21(20)24(31)33-2)34-13-19(29)27-12-14-6-4-3-5-7-14/h3-10,20-21H,12-13H2,1-2H3,(H,27,29)(H,28,30)/t20-,21-/m0/s1. The maximum atomic E-state index is 12.9. The van der Waals surface area contributed by atoms with Crippen LogP contribution in [0, 0.1) is 17.2 Å². The summed E-state index contributed by atoms with van der Waals surface area (Å²) in [5.74, 6) is -3.21. The molecule has 8 nitrogen and oxygen atoms in total. The number of methoxy groups -OCH3 is 2. The van der Waals surface area contributed by atoms with Crippen molar-refractivity contribution in [3.63, 3.8) is 0 Å². The maximum absolute atomic E-state index is 12.9. The van der Waals surface area contributed by atoms with Gasteiger partial charge in [-0.25, -0.2) is 0 Å². The average Bonchev–Trinajstić information content (AvgIpc) is 2.85. The molecule has 2 atom stereocenters. The number of halogens is 1. The molecule has 2 aromatic carbocycles. The molecule has 1 heterocycles. The van der Waals surface area contributed by atoms with Gasteiger partial charge in [0.15, 0.2) is 0 Å². The van der Waals surface area contributed by atoms with Gasteiger partial charge in [0.05, 0.1) is 41.1 Å². The van der Waals surface area contributed by atoms with Crippen molar-refractivity contribution in [3.05, 3.63) is 74.7 Å². The predicted octanol–water partition coefficient (Wildman–Crippen LogP) is 3.25. The molecule has 2 N–H and O–H groups in total. The van der Waals surface area contributed by atoms with E-state index in [2.05, 4.69) is 32.6 Å². The summed E-state index contributed by atoms with van der Waals surface area (Å²) < 4.78 is 10.7. The van der Waals surface area contributed by atoms with Crippen LogP contribution in [0.1, 0.15) is 17.0 Å². The normalized spacial score (nSPS) is 17.4. The van der Waals surface area contributed by atoms with Crippen molar-refractivity contribution < 1.29 is 23.9 Å². The van der Waals surface area contributed by atoms with E-state index in [0.29, 0.717) is 22.3 Å². The number of amides is 2. The van der Waals surface area contributed by atoms with Crippen LogP contribution in [0.4, 0.5) is 0 Å². The Balaban J connectivity index is 1.87. The third kappa shape index (κ3) is 5.79. The van der Waals surface area contributed by atoms with E-state index >= 15 is 0 Å². The van der Waals surface area contributed by atoms with Gasteiger partial charge in [-0.3, -0.25) is 14.4 Å². The number of nitriles is 1. The molecule has 0 fully saturated rings. The summed E-state index contributed by atoms with van der Waals surface area (Å²) in [7, 11) is 2.71. The van der Waals surface area contributed by atoms with Gasteiger partial charge in [-0.2, -0.15) is 5.26 Å². The lowest BCUT2D eigenvalue weighted by molar-refractivity contribution is -0.150. The van der Waals surface area contributed by atoms with Crippen LogP contribution >= 0.6 is 27.7 Å². The van der Waals surface area contributed by atoms with Crippen molar-refractivity contribution in [2.24, 2.45) is 5.92 Å². The van der Waals surface area contributed by atoms with Gasteiger partial charge in [0, 0.05) is 12.5 Å². The number of hydrogen-bond acceptors (Lipinski definition) is 7. The minimum absolute atomic E-state index is 0.0183. The summed E-state index contributed by atoms with van der Waals surface area (Å²) in [5.41, 5.74) is 1.68. The molecular weight excluding hydrogens is 522 g/mol. The average molecular weight is 544 g/mol. The Kier molecular flexibility index (Phi) is 8.73. The molecule has 0 aliphatic carbocycles. The van der Waals surface area contributed by atoms with E-state index in [1.807, 2.05) is 30.3 Å². The molecule has 0 saturated carbocycles. The molecule has 10 heteroatoms. The van der Waals surface area contributed by atoms with Crippen LogP contribution in [-0.4, -0.2) is 37.8 Å². The van der Waals surface area contributed by atoms with Gasteiger partial charge in [-0.15, -0.1) is 0 Å². The molecule has 2 amide bonds.